The van der Waals surface area contributed by atoms with Gasteiger partial charge in [-0.05, 0) is 42.8 Å². The number of aromatic nitrogens is 2. The molecule has 1 amide bonds. The first kappa shape index (κ1) is 18.4. The molecule has 2 aliphatic heterocycles. The van der Waals surface area contributed by atoms with Gasteiger partial charge in [0, 0.05) is 37.3 Å². The zero-order valence-electron chi connectivity index (χ0n) is 16.7. The van der Waals surface area contributed by atoms with E-state index in [4.69, 9.17) is 9.47 Å². The minimum absolute atomic E-state index is 0.00827. The summed E-state index contributed by atoms with van der Waals surface area (Å²) in [5, 5.41) is 8.85. The molecule has 5 rings (SSSR count). The molecule has 2 aromatic carbocycles. The van der Waals surface area contributed by atoms with Crippen molar-refractivity contribution in [3.63, 3.8) is 0 Å². The van der Waals surface area contributed by atoms with Crippen LogP contribution < -0.4 is 14.4 Å². The summed E-state index contributed by atoms with van der Waals surface area (Å²) in [6, 6.07) is 17.5. The molecule has 1 aromatic heterocycles. The van der Waals surface area contributed by atoms with Crippen LogP contribution in [0.5, 0.6) is 11.5 Å². The van der Waals surface area contributed by atoms with Gasteiger partial charge in [-0.15, -0.1) is 10.2 Å². The van der Waals surface area contributed by atoms with Gasteiger partial charge in [0.15, 0.2) is 17.3 Å². The summed E-state index contributed by atoms with van der Waals surface area (Å²) < 4.78 is 10.7. The maximum atomic E-state index is 12.9. The molecule has 0 spiro atoms. The van der Waals surface area contributed by atoms with Gasteiger partial charge in [-0.1, -0.05) is 24.3 Å². The second kappa shape index (κ2) is 7.67. The van der Waals surface area contributed by atoms with Crippen LogP contribution in [0, 0.1) is 6.92 Å². The third kappa shape index (κ3) is 3.43. The molecule has 7 heteroatoms. The Bertz CT molecular complexity index is 1080. The monoisotopic (exact) mass is 402 g/mol. The number of carbonyl (C=O) groups excluding carboxylic acids is 1. The van der Waals surface area contributed by atoms with Gasteiger partial charge in [0.2, 0.25) is 6.79 Å². The molecule has 0 radical (unpaired) electrons. The summed E-state index contributed by atoms with van der Waals surface area (Å²) in [6.07, 6.45) is 0. The van der Waals surface area contributed by atoms with E-state index in [1.54, 1.807) is 18.2 Å². The Balaban J connectivity index is 1.24. The number of piperazine rings is 1. The maximum Gasteiger partial charge on any atom is 0.254 e. The first-order valence-corrected chi connectivity index (χ1v) is 10.0. The molecule has 1 fully saturated rings. The quantitative estimate of drug-likeness (QED) is 0.671. The third-order valence-electron chi connectivity index (χ3n) is 5.58. The van der Waals surface area contributed by atoms with Gasteiger partial charge in [-0.3, -0.25) is 4.79 Å². The molecule has 0 atom stereocenters. The van der Waals surface area contributed by atoms with Crippen LogP contribution in [0.2, 0.25) is 0 Å². The number of hydrogen-bond donors (Lipinski definition) is 0. The minimum Gasteiger partial charge on any atom is -0.454 e. The highest BCUT2D eigenvalue weighted by molar-refractivity contribution is 5.95. The highest BCUT2D eigenvalue weighted by atomic mass is 16.7. The first-order chi connectivity index (χ1) is 14.7. The van der Waals surface area contributed by atoms with Crippen LogP contribution in [0.3, 0.4) is 0 Å². The standard InChI is InChI=1S/C23H22N4O3/c1-16-4-2-3-5-18(16)19-7-9-22(25-24-19)26-10-12-27(13-11-26)23(28)17-6-8-20-21(14-17)30-15-29-20/h2-9,14H,10-13,15H2,1H3. The second-order valence-electron chi connectivity index (χ2n) is 7.44. The Morgan fingerprint density at radius 3 is 2.47 bits per heavy atom. The Hall–Kier alpha value is -3.61. The van der Waals surface area contributed by atoms with Crippen molar-refractivity contribution < 1.29 is 14.3 Å². The molecule has 3 heterocycles. The van der Waals surface area contributed by atoms with Crippen molar-refractivity contribution in [3.05, 3.63) is 65.7 Å². The summed E-state index contributed by atoms with van der Waals surface area (Å²) in [5.74, 6) is 2.16. The number of amides is 1. The van der Waals surface area contributed by atoms with E-state index in [0.717, 1.165) is 17.1 Å². The van der Waals surface area contributed by atoms with Gasteiger partial charge in [-0.25, -0.2) is 0 Å². The highest BCUT2D eigenvalue weighted by Crippen LogP contribution is 2.33. The number of rotatable bonds is 3. The maximum absolute atomic E-state index is 12.9. The number of aryl methyl sites for hydroxylation is 1. The molecule has 0 N–H and O–H groups in total. The molecule has 0 aliphatic carbocycles. The molecule has 7 nitrogen and oxygen atoms in total. The topological polar surface area (TPSA) is 67.8 Å². The van der Waals surface area contributed by atoms with Crippen molar-refractivity contribution in [2.24, 2.45) is 0 Å². The average molecular weight is 402 g/mol. The molecular weight excluding hydrogens is 380 g/mol. The molecule has 0 saturated carbocycles. The molecule has 1 saturated heterocycles. The van der Waals surface area contributed by atoms with E-state index in [1.165, 1.54) is 5.56 Å². The summed E-state index contributed by atoms with van der Waals surface area (Å²) in [5.41, 5.74) is 3.76. The van der Waals surface area contributed by atoms with Gasteiger partial charge < -0.3 is 19.3 Å². The fourth-order valence-corrected chi connectivity index (χ4v) is 3.85. The lowest BCUT2D eigenvalue weighted by Gasteiger charge is -2.35. The van der Waals surface area contributed by atoms with E-state index in [9.17, 15) is 4.79 Å². The lowest BCUT2D eigenvalue weighted by Crippen LogP contribution is -2.49. The molecule has 3 aromatic rings. The van der Waals surface area contributed by atoms with E-state index in [0.29, 0.717) is 43.2 Å². The SMILES string of the molecule is Cc1ccccc1-c1ccc(N2CCN(C(=O)c3ccc4c(c3)OCO4)CC2)nn1. The van der Waals surface area contributed by atoms with Crippen molar-refractivity contribution in [2.45, 2.75) is 6.92 Å². The van der Waals surface area contributed by atoms with Crippen molar-refractivity contribution in [1.29, 1.82) is 0 Å². The van der Waals surface area contributed by atoms with Crippen LogP contribution in [0.15, 0.2) is 54.6 Å². The summed E-state index contributed by atoms with van der Waals surface area (Å²) in [7, 11) is 0. The van der Waals surface area contributed by atoms with E-state index in [-0.39, 0.29) is 12.7 Å². The van der Waals surface area contributed by atoms with Gasteiger partial charge in [0.05, 0.1) is 5.69 Å². The summed E-state index contributed by atoms with van der Waals surface area (Å²) >= 11 is 0. The minimum atomic E-state index is 0.00827. The van der Waals surface area contributed by atoms with Crippen LogP contribution >= 0.6 is 0 Å². The van der Waals surface area contributed by atoms with Crippen LogP contribution in [0.4, 0.5) is 5.82 Å². The highest BCUT2D eigenvalue weighted by Gasteiger charge is 2.25. The third-order valence-corrected chi connectivity index (χ3v) is 5.58. The number of fused-ring (bicyclic) bond motifs is 1. The lowest BCUT2D eigenvalue weighted by molar-refractivity contribution is 0.0746. The molecule has 30 heavy (non-hydrogen) atoms. The largest absolute Gasteiger partial charge is 0.454 e. The predicted octanol–water partition coefficient (Wildman–Crippen LogP) is 3.14. The molecule has 2 aliphatic rings. The van der Waals surface area contributed by atoms with Crippen LogP contribution in [-0.4, -0.2) is 54.0 Å². The van der Waals surface area contributed by atoms with Crippen molar-refractivity contribution in [3.8, 4) is 22.8 Å². The van der Waals surface area contributed by atoms with E-state index >= 15 is 0 Å². The normalized spacial score (nSPS) is 15.4. The number of carbonyl (C=O) groups is 1. The smallest absolute Gasteiger partial charge is 0.254 e. The fraction of sp³-hybridized carbons (Fsp3) is 0.261. The van der Waals surface area contributed by atoms with Crippen molar-refractivity contribution in [1.82, 2.24) is 15.1 Å². The Kier molecular flexibility index (Phi) is 4.71. The average Bonchev–Trinajstić information content (AvgIpc) is 3.27. The second-order valence-corrected chi connectivity index (χ2v) is 7.44. The summed E-state index contributed by atoms with van der Waals surface area (Å²) in [4.78, 5) is 16.9. The van der Waals surface area contributed by atoms with Gasteiger partial charge in [0.25, 0.3) is 5.91 Å². The fourth-order valence-electron chi connectivity index (χ4n) is 3.85. The number of benzene rings is 2. The van der Waals surface area contributed by atoms with E-state index in [2.05, 4.69) is 34.2 Å². The lowest BCUT2D eigenvalue weighted by atomic mass is 10.1. The van der Waals surface area contributed by atoms with Gasteiger partial charge in [0.1, 0.15) is 0 Å². The van der Waals surface area contributed by atoms with Crippen LogP contribution in [0.25, 0.3) is 11.3 Å². The van der Waals surface area contributed by atoms with E-state index < -0.39 is 0 Å². The number of anilines is 1. The number of nitrogens with zero attached hydrogens (tertiary/aromatic N) is 4. The molecular formula is C23H22N4O3. The van der Waals surface area contributed by atoms with Crippen molar-refractivity contribution >= 4 is 11.7 Å². The van der Waals surface area contributed by atoms with Gasteiger partial charge in [-0.2, -0.15) is 0 Å². The summed E-state index contributed by atoms with van der Waals surface area (Å²) in [6.45, 7) is 4.98. The first-order valence-electron chi connectivity index (χ1n) is 10.0. The molecule has 0 unspecified atom stereocenters. The van der Waals surface area contributed by atoms with Crippen molar-refractivity contribution in [2.75, 3.05) is 37.9 Å². The Morgan fingerprint density at radius 1 is 0.900 bits per heavy atom. The zero-order chi connectivity index (χ0) is 20.5. The molecule has 152 valence electrons. The Labute approximate surface area is 174 Å². The number of hydrogen-bond acceptors (Lipinski definition) is 6. The van der Waals surface area contributed by atoms with Gasteiger partial charge >= 0.3 is 0 Å². The van der Waals surface area contributed by atoms with Crippen LogP contribution in [-0.2, 0) is 0 Å². The Morgan fingerprint density at radius 2 is 1.70 bits per heavy atom. The zero-order valence-corrected chi connectivity index (χ0v) is 16.7. The van der Waals surface area contributed by atoms with E-state index in [1.807, 2.05) is 29.2 Å². The number of ether oxygens (including phenoxy) is 2. The molecule has 0 bridgehead atoms. The van der Waals surface area contributed by atoms with Crippen LogP contribution in [0.1, 0.15) is 15.9 Å². The predicted molar refractivity (Wildman–Crippen MR) is 113 cm³/mol.